The summed E-state index contributed by atoms with van der Waals surface area (Å²) in [6.45, 7) is 0.00508. The molecule has 3 rings (SSSR count). The molecule has 10 heteroatoms. The van der Waals surface area contributed by atoms with Gasteiger partial charge in [-0.1, -0.05) is 22.0 Å². The van der Waals surface area contributed by atoms with E-state index in [0.717, 1.165) is 16.4 Å². The molecule has 2 aromatic rings. The number of halogens is 3. The number of rotatable bonds is 6. The smallest absolute Gasteiger partial charge is 0.247 e. The van der Waals surface area contributed by atoms with Crippen molar-refractivity contribution in [2.24, 2.45) is 0 Å². The maximum absolute atomic E-state index is 14.3. The van der Waals surface area contributed by atoms with Crippen LogP contribution < -0.4 is 4.74 Å². The van der Waals surface area contributed by atoms with Crippen LogP contribution in [-0.2, 0) is 16.6 Å². The van der Waals surface area contributed by atoms with Crippen LogP contribution in [0, 0.1) is 23.1 Å². The lowest BCUT2D eigenvalue weighted by molar-refractivity contribution is 0.304. The summed E-state index contributed by atoms with van der Waals surface area (Å²) in [5.74, 6) is -1.55. The van der Waals surface area contributed by atoms with Crippen LogP contribution in [0.3, 0.4) is 0 Å². The topological polar surface area (TPSA) is 73.6 Å². The summed E-state index contributed by atoms with van der Waals surface area (Å²) in [6, 6.07) is 7.27. The van der Waals surface area contributed by atoms with Crippen LogP contribution in [0.4, 0.5) is 8.78 Å². The predicted molar refractivity (Wildman–Crippen MR) is 105 cm³/mol. The van der Waals surface area contributed by atoms with Crippen LogP contribution in [0.1, 0.15) is 12.0 Å². The predicted octanol–water partition coefficient (Wildman–Crippen LogP) is 3.48. The molecule has 1 heterocycles. The zero-order valence-electron chi connectivity index (χ0n) is 15.5. The second kappa shape index (κ2) is 8.65. The van der Waals surface area contributed by atoms with Crippen molar-refractivity contribution in [2.75, 3.05) is 20.2 Å². The van der Waals surface area contributed by atoms with E-state index < -0.39 is 34.2 Å². The van der Waals surface area contributed by atoms with Gasteiger partial charge in [-0.2, -0.15) is 9.57 Å². The van der Waals surface area contributed by atoms with Gasteiger partial charge >= 0.3 is 0 Å². The third-order valence-electron chi connectivity index (χ3n) is 4.80. The first-order chi connectivity index (χ1) is 13.8. The van der Waals surface area contributed by atoms with Gasteiger partial charge in [0.2, 0.25) is 10.0 Å². The van der Waals surface area contributed by atoms with Crippen LogP contribution in [0.25, 0.3) is 0 Å². The number of nitrogens with zero attached hydrogens (tertiary/aromatic N) is 3. The van der Waals surface area contributed by atoms with Gasteiger partial charge in [-0.05, 0) is 36.8 Å². The third-order valence-corrected chi connectivity index (χ3v) is 7.21. The molecule has 2 aromatic carbocycles. The first-order valence-corrected chi connectivity index (χ1v) is 10.9. The fraction of sp³-hybridized carbons (Fsp3) is 0.316. The highest BCUT2D eigenvalue weighted by atomic mass is 79.9. The average Bonchev–Trinajstić information content (AvgIpc) is 3.16. The zero-order valence-corrected chi connectivity index (χ0v) is 17.9. The number of nitriles is 1. The molecule has 0 N–H and O–H groups in total. The molecular formula is C19H18BrF2N3O3S. The normalized spacial score (nSPS) is 16.8. The van der Waals surface area contributed by atoms with E-state index in [9.17, 15) is 17.2 Å². The van der Waals surface area contributed by atoms with Gasteiger partial charge in [0.25, 0.3) is 0 Å². The highest BCUT2D eigenvalue weighted by Gasteiger charge is 2.38. The third kappa shape index (κ3) is 4.37. The Morgan fingerprint density at radius 3 is 2.59 bits per heavy atom. The molecule has 0 amide bonds. The van der Waals surface area contributed by atoms with Crippen molar-refractivity contribution in [3.05, 3.63) is 58.1 Å². The van der Waals surface area contributed by atoms with E-state index in [4.69, 9.17) is 10.00 Å². The van der Waals surface area contributed by atoms with Gasteiger partial charge in [-0.15, -0.1) is 0 Å². The van der Waals surface area contributed by atoms with Gasteiger partial charge in [-0.3, -0.25) is 0 Å². The fourth-order valence-corrected chi connectivity index (χ4v) is 5.61. The van der Waals surface area contributed by atoms with Crippen LogP contribution in [0.2, 0.25) is 0 Å². The van der Waals surface area contributed by atoms with Gasteiger partial charge in [-0.25, -0.2) is 17.2 Å². The highest BCUT2D eigenvalue weighted by molar-refractivity contribution is 9.10. The summed E-state index contributed by atoms with van der Waals surface area (Å²) in [4.78, 5) is 1.30. The zero-order chi connectivity index (χ0) is 21.2. The molecule has 1 atom stereocenters. The van der Waals surface area contributed by atoms with Crippen molar-refractivity contribution in [3.63, 3.8) is 0 Å². The second-order valence-corrected chi connectivity index (χ2v) is 9.31. The summed E-state index contributed by atoms with van der Waals surface area (Å²) in [5, 5.41) is 9.14. The molecular weight excluding hydrogens is 468 g/mol. The lowest BCUT2D eigenvalue weighted by atomic mass is 10.1. The minimum absolute atomic E-state index is 0.113. The number of sulfonamides is 1. The summed E-state index contributed by atoms with van der Waals surface area (Å²) in [5.41, 5.74) is -0.347. The van der Waals surface area contributed by atoms with Crippen molar-refractivity contribution in [1.82, 2.24) is 9.21 Å². The first-order valence-electron chi connectivity index (χ1n) is 8.71. The van der Waals surface area contributed by atoms with Crippen LogP contribution in [0.5, 0.6) is 5.75 Å². The summed E-state index contributed by atoms with van der Waals surface area (Å²) < 4.78 is 62.4. The Hall–Kier alpha value is -2.22. The number of benzene rings is 2. The molecule has 0 unspecified atom stereocenters. The van der Waals surface area contributed by atoms with E-state index in [0.29, 0.717) is 17.4 Å². The van der Waals surface area contributed by atoms with E-state index in [1.165, 1.54) is 30.2 Å². The lowest BCUT2D eigenvalue weighted by Crippen LogP contribution is -2.41. The van der Waals surface area contributed by atoms with E-state index in [2.05, 4.69) is 15.9 Å². The monoisotopic (exact) mass is 485 g/mol. The van der Waals surface area contributed by atoms with Gasteiger partial charge < -0.3 is 9.64 Å². The van der Waals surface area contributed by atoms with Crippen LogP contribution >= 0.6 is 15.9 Å². The fourth-order valence-electron chi connectivity index (χ4n) is 3.30. The quantitative estimate of drug-likeness (QED) is 0.585. The Kier molecular flexibility index (Phi) is 6.41. The minimum Gasteiger partial charge on any atom is -0.495 e. The number of hydrogen-bond donors (Lipinski definition) is 0. The molecule has 0 aromatic heterocycles. The van der Waals surface area contributed by atoms with Crippen molar-refractivity contribution in [3.8, 4) is 11.9 Å². The molecule has 154 valence electrons. The average molecular weight is 486 g/mol. The van der Waals surface area contributed by atoms with Crippen molar-refractivity contribution >= 4 is 26.0 Å². The molecule has 0 radical (unpaired) electrons. The highest BCUT2D eigenvalue weighted by Crippen LogP contribution is 2.33. The number of methoxy groups -OCH3 is 1. The Bertz CT molecular complexity index is 1040. The Labute approximate surface area is 176 Å². The molecule has 1 aliphatic heterocycles. The van der Waals surface area contributed by atoms with Crippen molar-refractivity contribution in [1.29, 1.82) is 5.26 Å². The molecule has 0 spiro atoms. The molecule has 0 aliphatic carbocycles. The van der Waals surface area contributed by atoms with E-state index >= 15 is 0 Å². The van der Waals surface area contributed by atoms with Crippen molar-refractivity contribution in [2.45, 2.75) is 23.9 Å². The maximum Gasteiger partial charge on any atom is 0.247 e. The molecule has 1 saturated heterocycles. The molecule has 1 aliphatic rings. The Balaban J connectivity index is 2.10. The summed E-state index contributed by atoms with van der Waals surface area (Å²) in [6.07, 6.45) is 2.35. The van der Waals surface area contributed by atoms with E-state index in [-0.39, 0.29) is 22.8 Å². The molecule has 29 heavy (non-hydrogen) atoms. The maximum atomic E-state index is 14.3. The van der Waals surface area contributed by atoms with Gasteiger partial charge in [0.05, 0.1) is 7.11 Å². The molecule has 0 bridgehead atoms. The Morgan fingerprint density at radius 1 is 1.31 bits per heavy atom. The summed E-state index contributed by atoms with van der Waals surface area (Å²) in [7, 11) is -2.86. The summed E-state index contributed by atoms with van der Waals surface area (Å²) >= 11 is 3.25. The lowest BCUT2D eigenvalue weighted by Gasteiger charge is -2.29. The van der Waals surface area contributed by atoms with Crippen LogP contribution in [0.15, 0.2) is 45.8 Å². The number of ether oxygens (including phenoxy) is 1. The van der Waals surface area contributed by atoms with Gasteiger partial charge in [0.15, 0.2) is 6.19 Å². The van der Waals surface area contributed by atoms with E-state index in [1.807, 2.05) is 6.19 Å². The van der Waals surface area contributed by atoms with Gasteiger partial charge in [0, 0.05) is 35.7 Å². The van der Waals surface area contributed by atoms with E-state index in [1.54, 1.807) is 6.07 Å². The van der Waals surface area contributed by atoms with Crippen LogP contribution in [-0.4, -0.2) is 43.9 Å². The first kappa shape index (κ1) is 21.5. The standard InChI is InChI=1S/C19H18BrF2N3O3S/c1-28-18-6-5-13(20)9-19(18)29(26,27)25(14-7-8-24(10-14)12-23)11-15-16(21)3-2-4-17(15)22/h2-6,9,14H,7-8,10-11H2,1H3/t14-/m1/s1. The Morgan fingerprint density at radius 2 is 2.00 bits per heavy atom. The van der Waals surface area contributed by atoms with Crippen molar-refractivity contribution < 1.29 is 21.9 Å². The molecule has 6 nitrogen and oxygen atoms in total. The second-order valence-electron chi connectivity index (χ2n) is 6.53. The van der Waals surface area contributed by atoms with Gasteiger partial charge in [0.1, 0.15) is 22.3 Å². The largest absolute Gasteiger partial charge is 0.495 e. The molecule has 0 saturated carbocycles. The molecule has 1 fully saturated rings. The SMILES string of the molecule is COc1ccc(Br)cc1S(=O)(=O)N(Cc1c(F)cccc1F)[C@@H]1CCN(C#N)C1. The number of likely N-dealkylation sites (tertiary alicyclic amines) is 1. The minimum atomic E-state index is -4.20. The number of hydrogen-bond acceptors (Lipinski definition) is 5.